The van der Waals surface area contributed by atoms with E-state index in [4.69, 9.17) is 4.42 Å². The molecule has 0 aromatic carbocycles. The molecule has 1 fully saturated rings. The van der Waals surface area contributed by atoms with Crippen LogP contribution in [0.15, 0.2) is 27.8 Å². The Bertz CT molecular complexity index is 576. The Morgan fingerprint density at radius 3 is 2.96 bits per heavy atom. The van der Waals surface area contributed by atoms with Crippen molar-refractivity contribution in [2.24, 2.45) is 4.99 Å². The SMILES string of the molecule is CSCCN=C(NCCc1ccco1)NC1CCS(=O)(=O)C1.I. The first-order valence-electron chi connectivity index (χ1n) is 7.35. The predicted molar refractivity (Wildman–Crippen MR) is 107 cm³/mol. The Balaban J connectivity index is 0.00000264. The third-order valence-corrected chi connectivity index (χ3v) is 5.74. The van der Waals surface area contributed by atoms with Crippen molar-refractivity contribution < 1.29 is 12.8 Å². The van der Waals surface area contributed by atoms with E-state index in [1.807, 2.05) is 18.4 Å². The number of sulfone groups is 1. The molecule has 132 valence electrons. The van der Waals surface area contributed by atoms with Gasteiger partial charge < -0.3 is 15.1 Å². The number of thioether (sulfide) groups is 1. The topological polar surface area (TPSA) is 83.7 Å². The van der Waals surface area contributed by atoms with Crippen LogP contribution in [-0.2, 0) is 16.3 Å². The first-order valence-corrected chi connectivity index (χ1v) is 10.6. The summed E-state index contributed by atoms with van der Waals surface area (Å²) in [6.07, 6.45) is 5.10. The van der Waals surface area contributed by atoms with Gasteiger partial charge in [-0.25, -0.2) is 8.42 Å². The van der Waals surface area contributed by atoms with Crippen LogP contribution in [0.3, 0.4) is 0 Å². The average molecular weight is 473 g/mol. The molecule has 1 aromatic heterocycles. The number of furan rings is 1. The lowest BCUT2D eigenvalue weighted by Gasteiger charge is -2.16. The van der Waals surface area contributed by atoms with Gasteiger partial charge in [-0.15, -0.1) is 24.0 Å². The van der Waals surface area contributed by atoms with Crippen LogP contribution in [0.5, 0.6) is 0 Å². The van der Waals surface area contributed by atoms with Gasteiger partial charge in [0.2, 0.25) is 0 Å². The highest BCUT2D eigenvalue weighted by Crippen LogP contribution is 2.11. The minimum absolute atomic E-state index is 0. The third kappa shape index (κ3) is 7.79. The van der Waals surface area contributed by atoms with Crippen molar-refractivity contribution in [3.05, 3.63) is 24.2 Å². The van der Waals surface area contributed by atoms with Crippen LogP contribution in [0.4, 0.5) is 0 Å². The quantitative estimate of drug-likeness (QED) is 0.271. The van der Waals surface area contributed by atoms with Gasteiger partial charge in [-0.1, -0.05) is 0 Å². The van der Waals surface area contributed by atoms with Crippen LogP contribution >= 0.6 is 35.7 Å². The molecule has 0 bridgehead atoms. The highest BCUT2D eigenvalue weighted by atomic mass is 127. The van der Waals surface area contributed by atoms with Gasteiger partial charge in [-0.05, 0) is 24.8 Å². The molecule has 1 aliphatic heterocycles. The number of rotatable bonds is 7. The molecule has 23 heavy (non-hydrogen) atoms. The Morgan fingerprint density at radius 2 is 2.35 bits per heavy atom. The van der Waals surface area contributed by atoms with E-state index in [2.05, 4.69) is 15.6 Å². The van der Waals surface area contributed by atoms with E-state index in [1.54, 1.807) is 18.0 Å². The largest absolute Gasteiger partial charge is 0.469 e. The summed E-state index contributed by atoms with van der Waals surface area (Å²) in [5.41, 5.74) is 0. The standard InChI is InChI=1S/C14H23N3O3S2.HI/c1-21-9-7-16-14(15-6-4-13-3-2-8-20-13)17-12-5-10-22(18,19)11-12;/h2-3,8,12H,4-7,9-11H2,1H3,(H2,15,16,17);1H. The second-order valence-electron chi connectivity index (χ2n) is 5.22. The molecule has 1 aromatic rings. The fourth-order valence-corrected chi connectivity index (χ4v) is 4.21. The van der Waals surface area contributed by atoms with Gasteiger partial charge in [0.15, 0.2) is 15.8 Å². The van der Waals surface area contributed by atoms with Gasteiger partial charge >= 0.3 is 0 Å². The molecular formula is C14H24IN3O3S2. The van der Waals surface area contributed by atoms with Crippen molar-refractivity contribution in [1.82, 2.24) is 10.6 Å². The van der Waals surface area contributed by atoms with E-state index in [9.17, 15) is 8.42 Å². The van der Waals surface area contributed by atoms with Gasteiger partial charge in [0, 0.05) is 24.8 Å². The van der Waals surface area contributed by atoms with Crippen LogP contribution in [0.1, 0.15) is 12.2 Å². The smallest absolute Gasteiger partial charge is 0.191 e. The van der Waals surface area contributed by atoms with Crippen LogP contribution in [-0.4, -0.2) is 57.0 Å². The average Bonchev–Trinajstić information content (AvgIpc) is 3.08. The minimum atomic E-state index is -2.89. The number of hydrogen-bond acceptors (Lipinski definition) is 5. The molecule has 0 saturated carbocycles. The zero-order chi connectivity index (χ0) is 15.8. The number of nitrogens with zero attached hydrogens (tertiary/aromatic N) is 1. The van der Waals surface area contributed by atoms with Crippen molar-refractivity contribution in [2.45, 2.75) is 18.9 Å². The Kier molecular flexibility index (Phi) is 9.37. The summed E-state index contributed by atoms with van der Waals surface area (Å²) in [5.74, 6) is 2.99. The van der Waals surface area contributed by atoms with Gasteiger partial charge in [0.1, 0.15) is 5.76 Å². The third-order valence-electron chi connectivity index (χ3n) is 3.38. The Labute approximate surface area is 159 Å². The first-order chi connectivity index (χ1) is 10.6. The maximum absolute atomic E-state index is 11.5. The lowest BCUT2D eigenvalue weighted by atomic mass is 10.3. The van der Waals surface area contributed by atoms with Crippen molar-refractivity contribution in [1.29, 1.82) is 0 Å². The van der Waals surface area contributed by atoms with Crippen molar-refractivity contribution in [3.63, 3.8) is 0 Å². The molecule has 1 atom stereocenters. The molecule has 2 N–H and O–H groups in total. The number of nitrogens with one attached hydrogen (secondary N) is 2. The fourth-order valence-electron chi connectivity index (χ4n) is 2.26. The molecule has 6 nitrogen and oxygen atoms in total. The van der Waals surface area contributed by atoms with Crippen LogP contribution < -0.4 is 10.6 Å². The van der Waals surface area contributed by atoms with E-state index >= 15 is 0 Å². The normalized spacial score (nSPS) is 20.0. The summed E-state index contributed by atoms with van der Waals surface area (Å²) < 4.78 is 28.4. The van der Waals surface area contributed by atoms with Crippen LogP contribution in [0, 0.1) is 0 Å². The summed E-state index contributed by atoms with van der Waals surface area (Å²) in [6, 6.07) is 3.75. The maximum Gasteiger partial charge on any atom is 0.191 e. The Morgan fingerprint density at radius 1 is 1.52 bits per heavy atom. The molecule has 0 spiro atoms. The molecule has 1 unspecified atom stereocenters. The first kappa shape index (κ1) is 20.6. The molecule has 0 radical (unpaired) electrons. The molecule has 1 aliphatic rings. The summed E-state index contributed by atoms with van der Waals surface area (Å²) in [6.45, 7) is 1.40. The molecule has 2 rings (SSSR count). The van der Waals surface area contributed by atoms with Gasteiger partial charge in [-0.3, -0.25) is 4.99 Å². The molecule has 0 amide bonds. The van der Waals surface area contributed by atoms with E-state index in [0.717, 1.165) is 17.9 Å². The zero-order valence-corrected chi connectivity index (χ0v) is 17.1. The number of aliphatic imine (C=N–C) groups is 1. The van der Waals surface area contributed by atoms with Crippen molar-refractivity contribution in [2.75, 3.05) is 36.6 Å². The van der Waals surface area contributed by atoms with Crippen LogP contribution in [0.2, 0.25) is 0 Å². The van der Waals surface area contributed by atoms with Gasteiger partial charge in [0.05, 0.1) is 24.3 Å². The Hall–Kier alpha value is -0.420. The molecular weight excluding hydrogens is 449 g/mol. The second kappa shape index (κ2) is 10.4. The number of halogens is 1. The number of hydrogen-bond donors (Lipinski definition) is 2. The van der Waals surface area contributed by atoms with Crippen molar-refractivity contribution >= 4 is 51.5 Å². The van der Waals surface area contributed by atoms with E-state index < -0.39 is 9.84 Å². The van der Waals surface area contributed by atoms with Gasteiger partial charge in [0.25, 0.3) is 0 Å². The van der Waals surface area contributed by atoms with Crippen molar-refractivity contribution in [3.8, 4) is 0 Å². The van der Waals surface area contributed by atoms with Crippen LogP contribution in [0.25, 0.3) is 0 Å². The number of guanidine groups is 1. The lowest BCUT2D eigenvalue weighted by Crippen LogP contribution is -2.44. The summed E-state index contributed by atoms with van der Waals surface area (Å²) in [5, 5.41) is 6.48. The molecule has 2 heterocycles. The molecule has 9 heteroatoms. The minimum Gasteiger partial charge on any atom is -0.469 e. The zero-order valence-electron chi connectivity index (χ0n) is 13.2. The van der Waals surface area contributed by atoms with E-state index in [1.165, 1.54) is 0 Å². The van der Waals surface area contributed by atoms with Gasteiger partial charge in [-0.2, -0.15) is 11.8 Å². The molecule has 1 saturated heterocycles. The summed E-state index contributed by atoms with van der Waals surface area (Å²) >= 11 is 1.73. The summed E-state index contributed by atoms with van der Waals surface area (Å²) in [7, 11) is -2.89. The summed E-state index contributed by atoms with van der Waals surface area (Å²) in [4.78, 5) is 4.49. The predicted octanol–water partition coefficient (Wildman–Crippen LogP) is 1.53. The fraction of sp³-hybridized carbons (Fsp3) is 0.643. The highest BCUT2D eigenvalue weighted by Gasteiger charge is 2.28. The van der Waals surface area contributed by atoms with E-state index in [-0.39, 0.29) is 41.5 Å². The highest BCUT2D eigenvalue weighted by molar-refractivity contribution is 14.0. The second-order valence-corrected chi connectivity index (χ2v) is 8.44. The van der Waals surface area contributed by atoms with E-state index in [0.29, 0.717) is 25.5 Å². The maximum atomic E-state index is 11.5. The lowest BCUT2D eigenvalue weighted by molar-refractivity contribution is 0.506. The monoisotopic (exact) mass is 473 g/mol. The molecule has 0 aliphatic carbocycles.